The lowest BCUT2D eigenvalue weighted by molar-refractivity contribution is 0.0939. The Hall–Kier alpha value is -2.10. The normalized spacial score (nSPS) is 15.5. The highest BCUT2D eigenvalue weighted by Gasteiger charge is 2.21. The number of carbonyl (C=O) groups excluding carboxylic acids is 1. The number of nitrogens with zero attached hydrogens (tertiary/aromatic N) is 1. The van der Waals surface area contributed by atoms with Gasteiger partial charge in [0.15, 0.2) is 0 Å². The van der Waals surface area contributed by atoms with Crippen LogP contribution in [0, 0.1) is 0 Å². The number of benzene rings is 2. The maximum atomic E-state index is 13.0. The van der Waals surface area contributed by atoms with Crippen molar-refractivity contribution in [3.05, 3.63) is 52.5 Å². The second kappa shape index (κ2) is 9.80. The average Bonchev–Trinajstić information content (AvgIpc) is 2.74. The molecule has 1 heterocycles. The van der Waals surface area contributed by atoms with Gasteiger partial charge in [-0.3, -0.25) is 9.52 Å². The number of amides is 1. The Morgan fingerprint density at radius 3 is 2.47 bits per heavy atom. The smallest absolute Gasteiger partial charge is 0.261 e. The molecule has 0 radical (unpaired) electrons. The number of piperazine rings is 1. The first kappa shape index (κ1) is 22.6. The van der Waals surface area contributed by atoms with Crippen molar-refractivity contribution in [1.82, 2.24) is 10.6 Å². The molecule has 0 aromatic heterocycles. The summed E-state index contributed by atoms with van der Waals surface area (Å²) in [6, 6.07) is 11.7. The van der Waals surface area contributed by atoms with Gasteiger partial charge in [-0.2, -0.15) is 0 Å². The molecule has 0 saturated carbocycles. The maximum absolute atomic E-state index is 13.0. The van der Waals surface area contributed by atoms with Gasteiger partial charge in [0, 0.05) is 42.3 Å². The molecular weight excluding hydrogens is 468 g/mol. The highest BCUT2D eigenvalue weighted by molar-refractivity contribution is 9.10. The van der Waals surface area contributed by atoms with E-state index in [2.05, 4.69) is 36.2 Å². The molecule has 1 fully saturated rings. The largest absolute Gasteiger partial charge is 0.367 e. The first-order valence-corrected chi connectivity index (χ1v) is 12.3. The highest BCUT2D eigenvalue weighted by atomic mass is 79.9. The zero-order valence-corrected chi connectivity index (χ0v) is 19.5. The van der Waals surface area contributed by atoms with Crippen LogP contribution in [0.4, 0.5) is 11.4 Å². The fourth-order valence-corrected chi connectivity index (χ4v) is 4.50. The number of anilines is 2. The Morgan fingerprint density at radius 2 is 1.83 bits per heavy atom. The fraction of sp³-hybridized carbons (Fsp3) is 0.381. The second-order valence-corrected chi connectivity index (χ2v) is 9.91. The van der Waals surface area contributed by atoms with Crippen molar-refractivity contribution in [2.75, 3.05) is 35.8 Å². The summed E-state index contributed by atoms with van der Waals surface area (Å²) in [7, 11) is -3.81. The predicted molar refractivity (Wildman–Crippen MR) is 124 cm³/mol. The lowest BCUT2D eigenvalue weighted by Crippen LogP contribution is -2.43. The van der Waals surface area contributed by atoms with Gasteiger partial charge in [-0.25, -0.2) is 8.42 Å². The molecule has 9 heteroatoms. The number of nitrogens with one attached hydrogen (secondary N) is 3. The molecule has 2 aromatic carbocycles. The van der Waals surface area contributed by atoms with Crippen LogP contribution in [0.2, 0.25) is 0 Å². The molecule has 2 aromatic rings. The lowest BCUT2D eigenvalue weighted by atomic mass is 10.1. The van der Waals surface area contributed by atoms with E-state index in [4.69, 9.17) is 0 Å². The SMILES string of the molecule is CCC(C)NC(=O)c1ccc(N2CCNCC2)c(NS(=O)(=O)c2ccc(Br)cc2)c1. The molecular formula is C21H27BrN4O3S. The van der Waals surface area contributed by atoms with Crippen molar-refractivity contribution in [2.24, 2.45) is 0 Å². The zero-order valence-electron chi connectivity index (χ0n) is 17.1. The third-order valence-corrected chi connectivity index (χ3v) is 6.98. The Morgan fingerprint density at radius 1 is 1.17 bits per heavy atom. The van der Waals surface area contributed by atoms with Gasteiger partial charge in [-0.05, 0) is 55.8 Å². The number of carbonyl (C=O) groups is 1. The van der Waals surface area contributed by atoms with E-state index >= 15 is 0 Å². The molecule has 1 saturated heterocycles. The molecule has 1 unspecified atom stereocenters. The van der Waals surface area contributed by atoms with Crippen molar-refractivity contribution in [2.45, 2.75) is 31.2 Å². The van der Waals surface area contributed by atoms with Crippen molar-refractivity contribution < 1.29 is 13.2 Å². The highest BCUT2D eigenvalue weighted by Crippen LogP contribution is 2.30. The minimum absolute atomic E-state index is 0.0354. The molecule has 7 nitrogen and oxygen atoms in total. The van der Waals surface area contributed by atoms with Crippen LogP contribution in [-0.2, 0) is 10.0 Å². The van der Waals surface area contributed by atoms with Gasteiger partial charge in [0.1, 0.15) is 0 Å². The third-order valence-electron chi connectivity index (χ3n) is 5.07. The minimum Gasteiger partial charge on any atom is -0.367 e. The zero-order chi connectivity index (χ0) is 21.7. The van der Waals surface area contributed by atoms with Crippen LogP contribution in [0.5, 0.6) is 0 Å². The summed E-state index contributed by atoms with van der Waals surface area (Å²) in [5.74, 6) is -0.222. The van der Waals surface area contributed by atoms with Gasteiger partial charge in [-0.15, -0.1) is 0 Å². The van der Waals surface area contributed by atoms with Crippen LogP contribution in [-0.4, -0.2) is 46.5 Å². The summed E-state index contributed by atoms with van der Waals surface area (Å²) in [5, 5.41) is 6.22. The molecule has 3 rings (SSSR count). The molecule has 1 amide bonds. The van der Waals surface area contributed by atoms with Gasteiger partial charge in [0.25, 0.3) is 15.9 Å². The molecule has 0 aliphatic carbocycles. The van der Waals surface area contributed by atoms with E-state index in [1.807, 2.05) is 19.9 Å². The Bertz CT molecular complexity index is 990. The topological polar surface area (TPSA) is 90.5 Å². The minimum atomic E-state index is -3.81. The van der Waals surface area contributed by atoms with E-state index in [-0.39, 0.29) is 16.8 Å². The first-order chi connectivity index (χ1) is 14.3. The Labute approximate surface area is 186 Å². The van der Waals surface area contributed by atoms with Gasteiger partial charge in [-0.1, -0.05) is 22.9 Å². The van der Waals surface area contributed by atoms with E-state index < -0.39 is 10.0 Å². The number of rotatable bonds is 7. The van der Waals surface area contributed by atoms with Crippen LogP contribution >= 0.6 is 15.9 Å². The molecule has 162 valence electrons. The molecule has 30 heavy (non-hydrogen) atoms. The van der Waals surface area contributed by atoms with Crippen molar-refractivity contribution in [3.63, 3.8) is 0 Å². The first-order valence-electron chi connectivity index (χ1n) is 9.99. The molecule has 3 N–H and O–H groups in total. The second-order valence-electron chi connectivity index (χ2n) is 7.31. The van der Waals surface area contributed by atoms with E-state index in [0.29, 0.717) is 11.3 Å². The summed E-state index contributed by atoms with van der Waals surface area (Å²) in [6.07, 6.45) is 0.813. The molecule has 1 aliphatic heterocycles. The van der Waals surface area contributed by atoms with Crippen LogP contribution in [0.3, 0.4) is 0 Å². The summed E-state index contributed by atoms with van der Waals surface area (Å²) in [5.41, 5.74) is 1.58. The average molecular weight is 495 g/mol. The third kappa shape index (κ3) is 5.53. The van der Waals surface area contributed by atoms with E-state index in [0.717, 1.165) is 42.8 Å². The van der Waals surface area contributed by atoms with Gasteiger partial charge >= 0.3 is 0 Å². The number of hydrogen-bond acceptors (Lipinski definition) is 5. The Kier molecular flexibility index (Phi) is 7.38. The fourth-order valence-electron chi connectivity index (χ4n) is 3.17. The number of hydrogen-bond donors (Lipinski definition) is 3. The lowest BCUT2D eigenvalue weighted by Gasteiger charge is -2.31. The molecule has 0 bridgehead atoms. The van der Waals surface area contributed by atoms with Crippen molar-refractivity contribution in [3.8, 4) is 0 Å². The van der Waals surface area contributed by atoms with E-state index in [9.17, 15) is 13.2 Å². The van der Waals surface area contributed by atoms with Crippen LogP contribution < -0.4 is 20.3 Å². The van der Waals surface area contributed by atoms with E-state index in [1.54, 1.807) is 24.3 Å². The number of halogens is 1. The van der Waals surface area contributed by atoms with Gasteiger partial charge in [0.2, 0.25) is 0 Å². The summed E-state index contributed by atoms with van der Waals surface area (Å²) >= 11 is 3.32. The predicted octanol–water partition coefficient (Wildman–Crippen LogP) is 3.19. The maximum Gasteiger partial charge on any atom is 0.261 e. The van der Waals surface area contributed by atoms with Crippen LogP contribution in [0.25, 0.3) is 0 Å². The van der Waals surface area contributed by atoms with E-state index in [1.165, 1.54) is 12.1 Å². The van der Waals surface area contributed by atoms with Crippen LogP contribution in [0.15, 0.2) is 51.8 Å². The van der Waals surface area contributed by atoms with Crippen LogP contribution in [0.1, 0.15) is 30.6 Å². The van der Waals surface area contributed by atoms with Gasteiger partial charge in [0.05, 0.1) is 16.3 Å². The quantitative estimate of drug-likeness (QED) is 0.549. The summed E-state index contributed by atoms with van der Waals surface area (Å²) < 4.78 is 29.5. The van der Waals surface area contributed by atoms with Crippen molar-refractivity contribution >= 4 is 43.2 Å². The van der Waals surface area contributed by atoms with Crippen molar-refractivity contribution in [1.29, 1.82) is 0 Å². The molecule has 1 aliphatic rings. The standard InChI is InChI=1S/C21H27BrN4O3S/c1-3-15(2)24-21(27)16-4-9-20(26-12-10-23-11-13-26)19(14-16)25-30(28,29)18-7-5-17(22)6-8-18/h4-9,14-15,23,25H,3,10-13H2,1-2H3,(H,24,27). The van der Waals surface area contributed by atoms with Gasteiger partial charge < -0.3 is 15.5 Å². The molecule has 0 spiro atoms. The summed E-state index contributed by atoms with van der Waals surface area (Å²) in [4.78, 5) is 14.9. The summed E-state index contributed by atoms with van der Waals surface area (Å²) in [6.45, 7) is 7.07. The monoisotopic (exact) mass is 494 g/mol. The molecule has 1 atom stereocenters. The number of sulfonamides is 1. The Balaban J connectivity index is 1.96.